The molecule has 0 atom stereocenters. The van der Waals surface area contributed by atoms with E-state index in [1.165, 1.54) is 11.1 Å². The van der Waals surface area contributed by atoms with Crippen LogP contribution < -0.4 is 4.74 Å². The number of aryl methyl sites for hydroxylation is 2. The summed E-state index contributed by atoms with van der Waals surface area (Å²) >= 11 is 0. The van der Waals surface area contributed by atoms with Crippen molar-refractivity contribution in [2.45, 2.75) is 39.7 Å². The molecule has 0 saturated heterocycles. The molecule has 0 radical (unpaired) electrons. The summed E-state index contributed by atoms with van der Waals surface area (Å²) in [5.74, 6) is 0.730. The zero-order chi connectivity index (χ0) is 17.1. The number of ether oxygens (including phenoxy) is 1. The van der Waals surface area contributed by atoms with Gasteiger partial charge in [0.05, 0.1) is 17.7 Å². The number of benzene rings is 1. The molecule has 4 nitrogen and oxygen atoms in total. The van der Waals surface area contributed by atoms with Gasteiger partial charge in [0.15, 0.2) is 0 Å². The molecule has 0 spiro atoms. The molecule has 1 heterocycles. The van der Waals surface area contributed by atoms with Gasteiger partial charge in [-0.05, 0) is 38.0 Å². The highest BCUT2D eigenvalue weighted by atomic mass is 16.5. The van der Waals surface area contributed by atoms with Crippen LogP contribution >= 0.6 is 0 Å². The van der Waals surface area contributed by atoms with E-state index < -0.39 is 0 Å². The highest BCUT2D eigenvalue weighted by Gasteiger charge is 2.23. The molecule has 0 bridgehead atoms. The molecule has 0 unspecified atom stereocenters. The Hall–Kier alpha value is -2.36. The van der Waals surface area contributed by atoms with Crippen LogP contribution in [0.25, 0.3) is 0 Å². The molecule has 1 aliphatic rings. The summed E-state index contributed by atoms with van der Waals surface area (Å²) in [5.41, 5.74) is 5.60. The van der Waals surface area contributed by atoms with Crippen LogP contribution in [0.2, 0.25) is 0 Å². The average Bonchev–Trinajstić information content (AvgIpc) is 2.98. The first-order valence-electron chi connectivity index (χ1n) is 8.53. The number of hydrogen-bond acceptors (Lipinski definition) is 3. The van der Waals surface area contributed by atoms with Gasteiger partial charge in [0.25, 0.3) is 0 Å². The van der Waals surface area contributed by atoms with E-state index in [0.717, 1.165) is 42.2 Å². The molecule has 0 amide bonds. The second kappa shape index (κ2) is 7.04. The van der Waals surface area contributed by atoms with E-state index in [1.54, 1.807) is 0 Å². The van der Waals surface area contributed by atoms with Crippen LogP contribution in [0.15, 0.2) is 35.3 Å². The van der Waals surface area contributed by atoms with E-state index in [2.05, 4.69) is 47.2 Å². The van der Waals surface area contributed by atoms with E-state index >= 15 is 0 Å². The van der Waals surface area contributed by atoms with Gasteiger partial charge >= 0.3 is 0 Å². The Morgan fingerprint density at radius 3 is 2.54 bits per heavy atom. The minimum atomic E-state index is 0.175. The molecule has 0 saturated carbocycles. The fourth-order valence-corrected chi connectivity index (χ4v) is 2.92. The maximum absolute atomic E-state index is 6.20. The van der Waals surface area contributed by atoms with Crippen molar-refractivity contribution in [3.8, 4) is 5.88 Å². The lowest BCUT2D eigenvalue weighted by molar-refractivity contribution is 0.203. The van der Waals surface area contributed by atoms with Gasteiger partial charge in [-0.25, -0.2) is 9.98 Å². The highest BCUT2D eigenvalue weighted by molar-refractivity contribution is 5.62. The van der Waals surface area contributed by atoms with Crippen molar-refractivity contribution < 1.29 is 4.74 Å². The van der Waals surface area contributed by atoms with Gasteiger partial charge in [-0.2, -0.15) is 0 Å². The third-order valence-corrected chi connectivity index (χ3v) is 4.52. The van der Waals surface area contributed by atoms with Crippen LogP contribution in [0.1, 0.15) is 29.3 Å². The largest absolute Gasteiger partial charge is 0.473 e. The average molecular weight is 323 g/mol. The van der Waals surface area contributed by atoms with Crippen molar-refractivity contribution >= 4 is 12.0 Å². The molecule has 0 fully saturated rings. The molecule has 1 aromatic heterocycles. The van der Waals surface area contributed by atoms with Crippen LogP contribution in [-0.2, 0) is 12.8 Å². The third kappa shape index (κ3) is 3.58. The Morgan fingerprint density at radius 2 is 1.92 bits per heavy atom. The zero-order valence-corrected chi connectivity index (χ0v) is 14.9. The Labute approximate surface area is 144 Å². The standard InChI is InChI=1S/C20H25N3O/c1-5-23(4)13-21-19-10-14(2)20(22-15(19)3)24-18-11-16-8-6-7-9-17(16)12-18/h6-10,13,18H,5,11-12H2,1-4H3. The van der Waals surface area contributed by atoms with Crippen LogP contribution in [0.4, 0.5) is 5.69 Å². The van der Waals surface area contributed by atoms with E-state index in [0.29, 0.717) is 0 Å². The lowest BCUT2D eigenvalue weighted by Gasteiger charge is -2.16. The Kier molecular flexibility index (Phi) is 4.84. The van der Waals surface area contributed by atoms with Gasteiger partial charge in [-0.15, -0.1) is 0 Å². The summed E-state index contributed by atoms with van der Waals surface area (Å²) in [4.78, 5) is 11.2. The number of pyridine rings is 1. The Bertz CT molecular complexity index is 730. The molecule has 1 aliphatic carbocycles. The first-order valence-corrected chi connectivity index (χ1v) is 8.53. The van der Waals surface area contributed by atoms with Gasteiger partial charge in [0.1, 0.15) is 6.10 Å². The maximum atomic E-state index is 6.20. The van der Waals surface area contributed by atoms with E-state index in [4.69, 9.17) is 4.74 Å². The fraction of sp³-hybridized carbons (Fsp3) is 0.400. The molecule has 0 N–H and O–H groups in total. The van der Waals surface area contributed by atoms with Crippen molar-refractivity contribution in [2.75, 3.05) is 13.6 Å². The summed E-state index contributed by atoms with van der Waals surface area (Å²) < 4.78 is 6.20. The minimum Gasteiger partial charge on any atom is -0.473 e. The molecule has 3 rings (SSSR count). The van der Waals surface area contributed by atoms with Crippen molar-refractivity contribution in [1.29, 1.82) is 0 Å². The lowest BCUT2D eigenvalue weighted by atomic mass is 10.1. The van der Waals surface area contributed by atoms with Crippen LogP contribution in [0.5, 0.6) is 5.88 Å². The topological polar surface area (TPSA) is 37.7 Å². The molecule has 1 aromatic carbocycles. The van der Waals surface area contributed by atoms with E-state index in [9.17, 15) is 0 Å². The van der Waals surface area contributed by atoms with Gasteiger partial charge in [0.2, 0.25) is 5.88 Å². The molecular formula is C20H25N3O. The first-order chi connectivity index (χ1) is 11.6. The highest BCUT2D eigenvalue weighted by Crippen LogP contribution is 2.29. The van der Waals surface area contributed by atoms with Crippen molar-refractivity contribution in [1.82, 2.24) is 9.88 Å². The van der Waals surface area contributed by atoms with Crippen molar-refractivity contribution in [3.63, 3.8) is 0 Å². The number of rotatable bonds is 5. The van der Waals surface area contributed by atoms with Gasteiger partial charge in [-0.1, -0.05) is 24.3 Å². The summed E-state index contributed by atoms with van der Waals surface area (Å²) in [6.07, 6.45) is 3.93. The summed E-state index contributed by atoms with van der Waals surface area (Å²) in [7, 11) is 2.01. The first kappa shape index (κ1) is 16.5. The van der Waals surface area contributed by atoms with Gasteiger partial charge < -0.3 is 9.64 Å². The number of nitrogens with zero attached hydrogens (tertiary/aromatic N) is 3. The predicted molar refractivity (Wildman–Crippen MR) is 98.4 cm³/mol. The fourth-order valence-electron chi connectivity index (χ4n) is 2.92. The quantitative estimate of drug-likeness (QED) is 0.619. The number of aromatic nitrogens is 1. The van der Waals surface area contributed by atoms with Crippen molar-refractivity contribution in [3.05, 3.63) is 52.7 Å². The minimum absolute atomic E-state index is 0.175. The number of fused-ring (bicyclic) bond motifs is 1. The monoisotopic (exact) mass is 323 g/mol. The molecular weight excluding hydrogens is 298 g/mol. The zero-order valence-electron chi connectivity index (χ0n) is 14.9. The Morgan fingerprint density at radius 1 is 1.25 bits per heavy atom. The van der Waals surface area contributed by atoms with Crippen molar-refractivity contribution in [2.24, 2.45) is 4.99 Å². The van der Waals surface area contributed by atoms with Crippen LogP contribution in [0, 0.1) is 13.8 Å². The summed E-state index contributed by atoms with van der Waals surface area (Å²) in [6, 6.07) is 10.6. The SMILES string of the molecule is CCN(C)C=Nc1cc(C)c(OC2Cc3ccccc3C2)nc1C. The van der Waals surface area contributed by atoms with Gasteiger partial charge in [-0.3, -0.25) is 0 Å². The van der Waals surface area contributed by atoms with Gasteiger partial charge in [0, 0.05) is 32.0 Å². The summed E-state index contributed by atoms with van der Waals surface area (Å²) in [5, 5.41) is 0. The number of aliphatic imine (C=N–C) groups is 1. The number of hydrogen-bond donors (Lipinski definition) is 0. The molecule has 2 aromatic rings. The molecule has 0 aliphatic heterocycles. The smallest absolute Gasteiger partial charge is 0.216 e. The van der Waals surface area contributed by atoms with Crippen LogP contribution in [0.3, 0.4) is 0 Å². The second-order valence-corrected chi connectivity index (χ2v) is 6.45. The third-order valence-electron chi connectivity index (χ3n) is 4.52. The predicted octanol–water partition coefficient (Wildman–Crippen LogP) is 3.86. The molecule has 24 heavy (non-hydrogen) atoms. The molecule has 126 valence electrons. The molecule has 4 heteroatoms. The van der Waals surface area contributed by atoms with E-state index in [-0.39, 0.29) is 6.10 Å². The summed E-state index contributed by atoms with van der Waals surface area (Å²) in [6.45, 7) is 7.04. The Balaban J connectivity index is 1.74. The maximum Gasteiger partial charge on any atom is 0.216 e. The van der Waals surface area contributed by atoms with E-state index in [1.807, 2.05) is 32.1 Å². The normalized spacial score (nSPS) is 14.2. The lowest BCUT2D eigenvalue weighted by Crippen LogP contribution is -2.18. The second-order valence-electron chi connectivity index (χ2n) is 6.45. The van der Waals surface area contributed by atoms with Crippen LogP contribution in [-0.4, -0.2) is 35.9 Å².